The Balaban J connectivity index is 2.54. The van der Waals surface area contributed by atoms with Crippen LogP contribution in [0.5, 0.6) is 0 Å². The molecule has 0 aliphatic heterocycles. The highest BCUT2D eigenvalue weighted by Crippen LogP contribution is 2.50. The third kappa shape index (κ3) is 1.41. The minimum Gasteiger partial charge on any atom is -0.0625 e. The van der Waals surface area contributed by atoms with Gasteiger partial charge in [-0.05, 0) is 35.5 Å². The van der Waals surface area contributed by atoms with Gasteiger partial charge >= 0.3 is 0 Å². The molecular formula is C12H24. The predicted molar refractivity (Wildman–Crippen MR) is 55.0 cm³/mol. The predicted octanol–water partition coefficient (Wildman–Crippen LogP) is 3.82. The van der Waals surface area contributed by atoms with Crippen LogP contribution in [0.2, 0.25) is 0 Å². The molecule has 0 amide bonds. The lowest BCUT2D eigenvalue weighted by atomic mass is 9.53. The molecule has 0 saturated heterocycles. The van der Waals surface area contributed by atoms with Gasteiger partial charge in [0.05, 0.1) is 0 Å². The Morgan fingerprint density at radius 3 is 1.50 bits per heavy atom. The van der Waals surface area contributed by atoms with Crippen molar-refractivity contribution >= 4 is 0 Å². The molecule has 72 valence electrons. The van der Waals surface area contributed by atoms with Crippen molar-refractivity contribution in [3.8, 4) is 0 Å². The zero-order valence-electron chi connectivity index (χ0n) is 9.46. The Kier molecular flexibility index (Phi) is 2.85. The summed E-state index contributed by atoms with van der Waals surface area (Å²) in [6.45, 7) is 14.4. The Morgan fingerprint density at radius 2 is 1.17 bits per heavy atom. The van der Waals surface area contributed by atoms with Crippen molar-refractivity contribution in [3.05, 3.63) is 0 Å². The highest BCUT2D eigenvalue weighted by atomic mass is 14.5. The fourth-order valence-electron chi connectivity index (χ4n) is 2.92. The van der Waals surface area contributed by atoms with Crippen molar-refractivity contribution < 1.29 is 0 Å². The molecule has 0 radical (unpaired) electrons. The lowest BCUT2D eigenvalue weighted by molar-refractivity contribution is -0.0359. The van der Waals surface area contributed by atoms with Crippen LogP contribution < -0.4 is 0 Å². The van der Waals surface area contributed by atoms with Gasteiger partial charge in [-0.15, -0.1) is 0 Å². The van der Waals surface area contributed by atoms with E-state index in [2.05, 4.69) is 41.5 Å². The maximum absolute atomic E-state index is 2.42. The Morgan fingerprint density at radius 1 is 0.750 bits per heavy atom. The van der Waals surface area contributed by atoms with Gasteiger partial charge in [-0.1, -0.05) is 41.5 Å². The van der Waals surface area contributed by atoms with Crippen LogP contribution in [-0.2, 0) is 0 Å². The third-order valence-electron chi connectivity index (χ3n) is 4.53. The van der Waals surface area contributed by atoms with Crippen molar-refractivity contribution in [2.75, 3.05) is 0 Å². The van der Waals surface area contributed by atoms with E-state index in [9.17, 15) is 0 Å². The average Bonchev–Trinajstić information content (AvgIpc) is 2.03. The minimum absolute atomic E-state index is 0.854. The highest BCUT2D eigenvalue weighted by Gasteiger charge is 2.44. The summed E-state index contributed by atoms with van der Waals surface area (Å²) in [5.74, 6) is 5.62. The van der Waals surface area contributed by atoms with E-state index < -0.39 is 0 Å². The quantitative estimate of drug-likeness (QED) is 0.588. The van der Waals surface area contributed by atoms with Gasteiger partial charge < -0.3 is 0 Å². The molecule has 0 heterocycles. The van der Waals surface area contributed by atoms with Gasteiger partial charge in [0.2, 0.25) is 0 Å². The van der Waals surface area contributed by atoms with E-state index in [1.807, 2.05) is 0 Å². The molecule has 1 fully saturated rings. The van der Waals surface area contributed by atoms with Gasteiger partial charge in [-0.25, -0.2) is 0 Å². The highest BCUT2D eigenvalue weighted by molar-refractivity contribution is 4.93. The van der Waals surface area contributed by atoms with Crippen LogP contribution >= 0.6 is 0 Å². The standard InChI is InChI=1S/C12H24/c1-7(2)8(3)12-10(5)9(4)11(12)6/h7-12H,1-6H3. The normalized spacial score (nSPS) is 44.2. The van der Waals surface area contributed by atoms with E-state index >= 15 is 0 Å². The zero-order valence-corrected chi connectivity index (χ0v) is 9.46. The van der Waals surface area contributed by atoms with Crippen molar-refractivity contribution in [2.24, 2.45) is 35.5 Å². The van der Waals surface area contributed by atoms with Crippen LogP contribution in [0.4, 0.5) is 0 Å². The molecule has 0 spiro atoms. The smallest absolute Gasteiger partial charge is 0.0329 e. The second kappa shape index (κ2) is 3.40. The van der Waals surface area contributed by atoms with Crippen LogP contribution in [0.1, 0.15) is 41.5 Å². The van der Waals surface area contributed by atoms with Gasteiger partial charge in [-0.3, -0.25) is 0 Å². The molecule has 0 bridgehead atoms. The molecule has 1 rings (SSSR count). The van der Waals surface area contributed by atoms with Gasteiger partial charge in [0.25, 0.3) is 0 Å². The number of hydrogen-bond acceptors (Lipinski definition) is 0. The molecule has 0 aromatic carbocycles. The molecular weight excluding hydrogens is 144 g/mol. The monoisotopic (exact) mass is 168 g/mol. The van der Waals surface area contributed by atoms with Crippen LogP contribution in [0.3, 0.4) is 0 Å². The van der Waals surface area contributed by atoms with Gasteiger partial charge in [0, 0.05) is 0 Å². The van der Waals surface area contributed by atoms with Crippen LogP contribution in [0.25, 0.3) is 0 Å². The Hall–Kier alpha value is 0. The largest absolute Gasteiger partial charge is 0.0625 e. The SMILES string of the molecule is CC(C)C(C)C1C(C)C(C)C1C. The maximum atomic E-state index is 2.42. The first-order valence-electron chi connectivity index (χ1n) is 5.46. The van der Waals surface area contributed by atoms with Crippen molar-refractivity contribution in [3.63, 3.8) is 0 Å². The summed E-state index contributed by atoms with van der Waals surface area (Å²) in [6, 6.07) is 0. The van der Waals surface area contributed by atoms with Gasteiger partial charge in [0.1, 0.15) is 0 Å². The summed E-state index contributed by atoms with van der Waals surface area (Å²) in [6.07, 6.45) is 0. The van der Waals surface area contributed by atoms with Crippen molar-refractivity contribution in [1.82, 2.24) is 0 Å². The summed E-state index contributed by atoms with van der Waals surface area (Å²) >= 11 is 0. The summed E-state index contributed by atoms with van der Waals surface area (Å²) < 4.78 is 0. The van der Waals surface area contributed by atoms with E-state index in [0.717, 1.165) is 35.5 Å². The topological polar surface area (TPSA) is 0 Å². The molecule has 1 aliphatic rings. The molecule has 0 heteroatoms. The molecule has 1 aliphatic carbocycles. The molecule has 1 saturated carbocycles. The zero-order chi connectivity index (χ0) is 9.46. The minimum atomic E-state index is 0.854. The third-order valence-corrected chi connectivity index (χ3v) is 4.53. The fourth-order valence-corrected chi connectivity index (χ4v) is 2.92. The first kappa shape index (κ1) is 10.1. The second-order valence-corrected chi connectivity index (χ2v) is 5.26. The Labute approximate surface area is 77.7 Å². The first-order chi connectivity index (χ1) is 5.46. The molecule has 0 nitrogen and oxygen atoms in total. The summed E-state index contributed by atoms with van der Waals surface area (Å²) in [4.78, 5) is 0. The van der Waals surface area contributed by atoms with Crippen LogP contribution in [0, 0.1) is 35.5 Å². The van der Waals surface area contributed by atoms with Gasteiger partial charge in [-0.2, -0.15) is 0 Å². The van der Waals surface area contributed by atoms with Crippen LogP contribution in [0.15, 0.2) is 0 Å². The van der Waals surface area contributed by atoms with Gasteiger partial charge in [0.15, 0.2) is 0 Å². The lowest BCUT2D eigenvalue weighted by Crippen LogP contribution is -2.46. The maximum Gasteiger partial charge on any atom is -0.0329 e. The molecule has 0 N–H and O–H groups in total. The molecule has 0 aromatic heterocycles. The average molecular weight is 168 g/mol. The molecule has 3 atom stereocenters. The van der Waals surface area contributed by atoms with E-state index in [4.69, 9.17) is 0 Å². The molecule has 12 heavy (non-hydrogen) atoms. The number of rotatable bonds is 2. The molecule has 3 unspecified atom stereocenters. The summed E-state index contributed by atoms with van der Waals surface area (Å²) in [7, 11) is 0. The summed E-state index contributed by atoms with van der Waals surface area (Å²) in [5, 5.41) is 0. The van der Waals surface area contributed by atoms with E-state index in [1.54, 1.807) is 0 Å². The Bertz CT molecular complexity index is 138. The van der Waals surface area contributed by atoms with Crippen LogP contribution in [-0.4, -0.2) is 0 Å². The second-order valence-electron chi connectivity index (χ2n) is 5.26. The van der Waals surface area contributed by atoms with E-state index in [1.165, 1.54) is 0 Å². The molecule has 0 aromatic rings. The lowest BCUT2D eigenvalue weighted by Gasteiger charge is -2.52. The summed E-state index contributed by atoms with van der Waals surface area (Å²) in [5.41, 5.74) is 0. The van der Waals surface area contributed by atoms with E-state index in [0.29, 0.717) is 0 Å². The fraction of sp³-hybridized carbons (Fsp3) is 1.00. The van der Waals surface area contributed by atoms with Crippen molar-refractivity contribution in [1.29, 1.82) is 0 Å². The van der Waals surface area contributed by atoms with Crippen molar-refractivity contribution in [2.45, 2.75) is 41.5 Å². The van der Waals surface area contributed by atoms with E-state index in [-0.39, 0.29) is 0 Å². The first-order valence-corrected chi connectivity index (χ1v) is 5.46. The number of hydrogen-bond donors (Lipinski definition) is 0.